The molecule has 108 valence electrons. The Balaban J connectivity index is 1.44. The Morgan fingerprint density at radius 3 is 2.74 bits per heavy atom. The molecule has 0 radical (unpaired) electrons. The van der Waals surface area contributed by atoms with Crippen LogP contribution in [0.4, 0.5) is 0 Å². The molecule has 3 heteroatoms. The van der Waals surface area contributed by atoms with Crippen LogP contribution in [0.3, 0.4) is 0 Å². The predicted octanol–water partition coefficient (Wildman–Crippen LogP) is 2.30. The normalized spacial score (nSPS) is 42.6. The average Bonchev–Trinajstić information content (AvgIpc) is 3.07. The molecule has 1 aliphatic carbocycles. The second-order valence-corrected chi connectivity index (χ2v) is 7.18. The fraction of sp³-hybridized carbons (Fsp3) is 1.00. The zero-order valence-corrected chi connectivity index (χ0v) is 12.1. The fourth-order valence-electron chi connectivity index (χ4n) is 4.94. The highest BCUT2D eigenvalue weighted by atomic mass is 16.5. The van der Waals surface area contributed by atoms with Crippen molar-refractivity contribution < 1.29 is 4.74 Å². The number of ether oxygens (including phenoxy) is 1. The number of likely N-dealkylation sites (tertiary alicyclic amines) is 1. The molecule has 3 heterocycles. The van der Waals surface area contributed by atoms with E-state index in [1.807, 2.05) is 0 Å². The van der Waals surface area contributed by atoms with Gasteiger partial charge in [-0.25, -0.2) is 0 Å². The number of rotatable bonds is 2. The second kappa shape index (κ2) is 5.01. The fourth-order valence-corrected chi connectivity index (χ4v) is 4.94. The molecule has 0 amide bonds. The molecule has 3 saturated heterocycles. The van der Waals surface area contributed by atoms with Gasteiger partial charge in [0.1, 0.15) is 0 Å². The highest BCUT2D eigenvalue weighted by Crippen LogP contribution is 2.44. The van der Waals surface area contributed by atoms with E-state index >= 15 is 0 Å². The zero-order chi connectivity index (χ0) is 12.7. The summed E-state index contributed by atoms with van der Waals surface area (Å²) in [6.45, 7) is 3.59. The van der Waals surface area contributed by atoms with Crippen LogP contribution >= 0.6 is 0 Å². The van der Waals surface area contributed by atoms with Gasteiger partial charge in [-0.05, 0) is 70.9 Å². The Hall–Kier alpha value is -0.120. The minimum atomic E-state index is 0.305. The largest absolute Gasteiger partial charge is 0.375 e. The molecule has 0 aromatic heterocycles. The Bertz CT molecular complexity index is 323. The molecular weight excluding hydrogens is 236 g/mol. The molecule has 4 rings (SSSR count). The molecule has 0 aromatic carbocycles. The Morgan fingerprint density at radius 1 is 1.05 bits per heavy atom. The van der Waals surface area contributed by atoms with Gasteiger partial charge in [0.05, 0.1) is 5.60 Å². The lowest BCUT2D eigenvalue weighted by atomic mass is 9.73. The maximum absolute atomic E-state index is 6.11. The molecule has 19 heavy (non-hydrogen) atoms. The topological polar surface area (TPSA) is 24.5 Å². The molecule has 0 aromatic rings. The minimum absolute atomic E-state index is 0.305. The molecule has 1 saturated carbocycles. The van der Waals surface area contributed by atoms with Crippen LogP contribution in [0.2, 0.25) is 0 Å². The van der Waals surface area contributed by atoms with E-state index in [0.29, 0.717) is 5.60 Å². The molecular formula is C16H28N2O. The minimum Gasteiger partial charge on any atom is -0.375 e. The van der Waals surface area contributed by atoms with E-state index in [0.717, 1.165) is 24.7 Å². The van der Waals surface area contributed by atoms with Crippen molar-refractivity contribution >= 4 is 0 Å². The van der Waals surface area contributed by atoms with Gasteiger partial charge in [-0.2, -0.15) is 0 Å². The molecule has 4 fully saturated rings. The summed E-state index contributed by atoms with van der Waals surface area (Å²) in [5, 5.41) is 3.74. The summed E-state index contributed by atoms with van der Waals surface area (Å²) >= 11 is 0. The van der Waals surface area contributed by atoms with Crippen LogP contribution in [-0.4, -0.2) is 48.3 Å². The summed E-state index contributed by atoms with van der Waals surface area (Å²) in [6.07, 6.45) is 12.2. The SMILES string of the molecule is C1CNC(C2CCCN2C2CCOC3(CCC3)C2)C1. The van der Waals surface area contributed by atoms with E-state index in [-0.39, 0.29) is 0 Å². The third kappa shape index (κ3) is 2.24. The lowest BCUT2D eigenvalue weighted by molar-refractivity contribution is -0.150. The molecule has 3 nitrogen and oxygen atoms in total. The van der Waals surface area contributed by atoms with Crippen molar-refractivity contribution in [3.8, 4) is 0 Å². The first-order valence-corrected chi connectivity index (χ1v) is 8.49. The van der Waals surface area contributed by atoms with E-state index in [1.54, 1.807) is 0 Å². The molecule has 3 atom stereocenters. The molecule has 0 bridgehead atoms. The predicted molar refractivity (Wildman–Crippen MR) is 76.3 cm³/mol. The van der Waals surface area contributed by atoms with Crippen LogP contribution < -0.4 is 5.32 Å². The van der Waals surface area contributed by atoms with Gasteiger partial charge in [-0.1, -0.05) is 0 Å². The zero-order valence-electron chi connectivity index (χ0n) is 12.1. The van der Waals surface area contributed by atoms with E-state index in [9.17, 15) is 0 Å². The summed E-state index contributed by atoms with van der Waals surface area (Å²) in [4.78, 5) is 2.87. The van der Waals surface area contributed by atoms with Gasteiger partial charge in [-0.15, -0.1) is 0 Å². The monoisotopic (exact) mass is 264 g/mol. The van der Waals surface area contributed by atoms with E-state index in [4.69, 9.17) is 4.74 Å². The van der Waals surface area contributed by atoms with Crippen LogP contribution in [0.25, 0.3) is 0 Å². The van der Waals surface area contributed by atoms with Gasteiger partial charge in [0.25, 0.3) is 0 Å². The first kappa shape index (κ1) is 12.6. The van der Waals surface area contributed by atoms with Gasteiger partial charge in [0.2, 0.25) is 0 Å². The summed E-state index contributed by atoms with van der Waals surface area (Å²) in [5.41, 5.74) is 0.305. The van der Waals surface area contributed by atoms with Crippen LogP contribution in [0.15, 0.2) is 0 Å². The number of hydrogen-bond donors (Lipinski definition) is 1. The Morgan fingerprint density at radius 2 is 2.00 bits per heavy atom. The third-order valence-electron chi connectivity index (χ3n) is 6.11. The van der Waals surface area contributed by atoms with Crippen molar-refractivity contribution in [2.45, 2.75) is 81.5 Å². The number of hydrogen-bond acceptors (Lipinski definition) is 3. The Labute approximate surface area is 117 Å². The van der Waals surface area contributed by atoms with Gasteiger partial charge in [0.15, 0.2) is 0 Å². The quantitative estimate of drug-likeness (QED) is 0.828. The van der Waals surface area contributed by atoms with Crippen LogP contribution in [0, 0.1) is 0 Å². The maximum Gasteiger partial charge on any atom is 0.0697 e. The summed E-state index contributed by atoms with van der Waals surface area (Å²) in [7, 11) is 0. The average molecular weight is 264 g/mol. The molecule has 1 N–H and O–H groups in total. The first-order chi connectivity index (χ1) is 9.36. The third-order valence-corrected chi connectivity index (χ3v) is 6.11. The van der Waals surface area contributed by atoms with Crippen molar-refractivity contribution in [2.24, 2.45) is 0 Å². The highest BCUT2D eigenvalue weighted by molar-refractivity contribution is 5.01. The highest BCUT2D eigenvalue weighted by Gasteiger charge is 2.46. The maximum atomic E-state index is 6.11. The van der Waals surface area contributed by atoms with Crippen molar-refractivity contribution in [1.82, 2.24) is 10.2 Å². The molecule has 1 spiro atoms. The van der Waals surface area contributed by atoms with Gasteiger partial charge < -0.3 is 10.1 Å². The van der Waals surface area contributed by atoms with E-state index < -0.39 is 0 Å². The summed E-state index contributed by atoms with van der Waals surface area (Å²) < 4.78 is 6.11. The van der Waals surface area contributed by atoms with Gasteiger partial charge in [0, 0.05) is 24.7 Å². The molecule has 3 unspecified atom stereocenters. The number of nitrogens with zero attached hydrogens (tertiary/aromatic N) is 1. The smallest absolute Gasteiger partial charge is 0.0697 e. The summed E-state index contributed by atoms with van der Waals surface area (Å²) in [6, 6.07) is 2.41. The lowest BCUT2D eigenvalue weighted by Gasteiger charge is -2.50. The van der Waals surface area contributed by atoms with Crippen LogP contribution in [0.5, 0.6) is 0 Å². The van der Waals surface area contributed by atoms with Gasteiger partial charge >= 0.3 is 0 Å². The van der Waals surface area contributed by atoms with Gasteiger partial charge in [-0.3, -0.25) is 4.90 Å². The second-order valence-electron chi connectivity index (χ2n) is 7.18. The molecule has 3 aliphatic heterocycles. The lowest BCUT2D eigenvalue weighted by Crippen LogP contribution is -2.55. The summed E-state index contributed by atoms with van der Waals surface area (Å²) in [5.74, 6) is 0. The van der Waals surface area contributed by atoms with Crippen molar-refractivity contribution in [2.75, 3.05) is 19.7 Å². The first-order valence-electron chi connectivity index (χ1n) is 8.49. The Kier molecular flexibility index (Phi) is 3.33. The van der Waals surface area contributed by atoms with Crippen molar-refractivity contribution in [1.29, 1.82) is 0 Å². The van der Waals surface area contributed by atoms with Crippen LogP contribution in [0.1, 0.15) is 57.8 Å². The van der Waals surface area contributed by atoms with Crippen molar-refractivity contribution in [3.63, 3.8) is 0 Å². The van der Waals surface area contributed by atoms with Crippen LogP contribution in [-0.2, 0) is 4.74 Å². The number of nitrogens with one attached hydrogen (secondary N) is 1. The van der Waals surface area contributed by atoms with E-state index in [1.165, 1.54) is 70.9 Å². The standard InChI is InChI=1S/C16H28N2O/c1-4-14(17-9-1)15-5-2-10-18(15)13-6-11-19-16(12-13)7-3-8-16/h13-15,17H,1-12H2. The van der Waals surface area contributed by atoms with Crippen molar-refractivity contribution in [3.05, 3.63) is 0 Å². The molecule has 4 aliphatic rings. The van der Waals surface area contributed by atoms with E-state index in [2.05, 4.69) is 10.2 Å².